The molecule has 0 saturated carbocycles. The maximum Gasteiger partial charge on any atom is 0.234 e. The summed E-state index contributed by atoms with van der Waals surface area (Å²) in [6, 6.07) is 0.481. The number of hydrogen-bond acceptors (Lipinski definition) is 2. The van der Waals surface area contributed by atoms with Crippen molar-refractivity contribution in [3.63, 3.8) is 0 Å². The molecule has 0 spiro atoms. The van der Waals surface area contributed by atoms with Crippen LogP contribution < -0.4 is 5.43 Å². The highest BCUT2D eigenvalue weighted by Gasteiger charge is 2.14. The van der Waals surface area contributed by atoms with Crippen molar-refractivity contribution in [3.8, 4) is 0 Å². The van der Waals surface area contributed by atoms with Gasteiger partial charge in [0.05, 0.1) is 0 Å². The van der Waals surface area contributed by atoms with Crippen LogP contribution in [0.3, 0.4) is 0 Å². The minimum absolute atomic E-state index is 0.194. The van der Waals surface area contributed by atoms with Crippen LogP contribution in [-0.2, 0) is 4.79 Å². The zero-order valence-electron chi connectivity index (χ0n) is 20.6. The van der Waals surface area contributed by atoms with Gasteiger partial charge in [0.25, 0.3) is 0 Å². The number of nitrogens with zero attached hydrogens (tertiary/aromatic N) is 1. The summed E-state index contributed by atoms with van der Waals surface area (Å²) < 4.78 is 0. The fraction of sp³-hybridized carbons (Fsp3) is 0.962. The van der Waals surface area contributed by atoms with E-state index in [0.29, 0.717) is 12.5 Å². The molecule has 0 aromatic carbocycles. The molecule has 0 aromatic rings. The first kappa shape index (κ1) is 28.4. The van der Waals surface area contributed by atoms with E-state index in [-0.39, 0.29) is 5.91 Å². The number of carbonyl (C=O) groups excluding carboxylic acids is 1. The lowest BCUT2D eigenvalue weighted by molar-refractivity contribution is -0.126. The number of rotatable bonds is 22. The van der Waals surface area contributed by atoms with Crippen LogP contribution in [0.4, 0.5) is 0 Å². The van der Waals surface area contributed by atoms with Crippen LogP contribution in [0.25, 0.3) is 0 Å². The zero-order chi connectivity index (χ0) is 21.6. The highest BCUT2D eigenvalue weighted by atomic mass is 16.2. The number of amides is 1. The summed E-state index contributed by atoms with van der Waals surface area (Å²) in [7, 11) is 2.03. The molecule has 0 fully saturated rings. The van der Waals surface area contributed by atoms with Gasteiger partial charge in [-0.05, 0) is 19.3 Å². The van der Waals surface area contributed by atoms with E-state index in [0.717, 1.165) is 19.3 Å². The van der Waals surface area contributed by atoms with Crippen LogP contribution in [0, 0.1) is 0 Å². The monoisotopic (exact) mass is 410 g/mol. The van der Waals surface area contributed by atoms with Gasteiger partial charge in [-0.15, -0.1) is 0 Å². The average molecular weight is 411 g/mol. The SMILES string of the molecule is CCCCCCCCCCCCCCCCCC(=O)NN(C)C(CCC)CCC. The maximum atomic E-state index is 12.1. The largest absolute Gasteiger partial charge is 0.289 e. The molecule has 0 aliphatic carbocycles. The Bertz CT molecular complexity index is 340. The first-order chi connectivity index (χ1) is 14.2. The Morgan fingerprint density at radius 3 is 1.38 bits per heavy atom. The molecule has 0 bridgehead atoms. The maximum absolute atomic E-state index is 12.1. The van der Waals surface area contributed by atoms with Crippen LogP contribution in [0.1, 0.15) is 149 Å². The van der Waals surface area contributed by atoms with E-state index < -0.39 is 0 Å². The molecule has 0 aromatic heterocycles. The van der Waals surface area contributed by atoms with Gasteiger partial charge >= 0.3 is 0 Å². The Balaban J connectivity index is 3.42. The summed E-state index contributed by atoms with van der Waals surface area (Å²) >= 11 is 0. The normalized spacial score (nSPS) is 11.5. The van der Waals surface area contributed by atoms with Gasteiger partial charge in [0.2, 0.25) is 5.91 Å². The summed E-state index contributed by atoms with van der Waals surface area (Å²) in [6.07, 6.45) is 25.8. The van der Waals surface area contributed by atoms with E-state index in [1.165, 1.54) is 103 Å². The molecule has 3 heteroatoms. The molecule has 0 heterocycles. The predicted molar refractivity (Wildman–Crippen MR) is 129 cm³/mol. The zero-order valence-corrected chi connectivity index (χ0v) is 20.6. The molecule has 0 atom stereocenters. The average Bonchev–Trinajstić information content (AvgIpc) is 2.70. The quantitative estimate of drug-likeness (QED) is 0.144. The van der Waals surface area contributed by atoms with Crippen LogP contribution in [0.15, 0.2) is 0 Å². The third-order valence-electron chi connectivity index (χ3n) is 6.10. The highest BCUT2D eigenvalue weighted by Crippen LogP contribution is 2.14. The van der Waals surface area contributed by atoms with Crippen molar-refractivity contribution in [2.45, 2.75) is 155 Å². The smallest absolute Gasteiger partial charge is 0.234 e. The Labute approximate surface area is 183 Å². The van der Waals surface area contributed by atoms with Crippen LogP contribution in [-0.4, -0.2) is 24.0 Å². The molecule has 174 valence electrons. The van der Waals surface area contributed by atoms with Crippen molar-refractivity contribution in [1.29, 1.82) is 0 Å². The summed E-state index contributed by atoms with van der Waals surface area (Å²) in [5, 5.41) is 2.06. The molecule has 0 radical (unpaired) electrons. The van der Waals surface area contributed by atoms with E-state index in [9.17, 15) is 4.79 Å². The first-order valence-electron chi connectivity index (χ1n) is 13.2. The number of nitrogens with one attached hydrogen (secondary N) is 1. The van der Waals surface area contributed by atoms with Crippen molar-refractivity contribution in [2.24, 2.45) is 0 Å². The third-order valence-corrected chi connectivity index (χ3v) is 6.10. The van der Waals surface area contributed by atoms with Crippen molar-refractivity contribution < 1.29 is 4.79 Å². The second-order valence-corrected chi connectivity index (χ2v) is 9.08. The molecular weight excluding hydrogens is 356 g/mol. The van der Waals surface area contributed by atoms with E-state index in [2.05, 4.69) is 31.2 Å². The molecule has 29 heavy (non-hydrogen) atoms. The molecule has 0 aliphatic rings. The summed E-state index contributed by atoms with van der Waals surface area (Å²) in [5.74, 6) is 0.194. The molecular formula is C26H54N2O. The van der Waals surface area contributed by atoms with Gasteiger partial charge in [-0.1, -0.05) is 124 Å². The van der Waals surface area contributed by atoms with E-state index >= 15 is 0 Å². The fourth-order valence-corrected chi connectivity index (χ4v) is 4.20. The first-order valence-corrected chi connectivity index (χ1v) is 13.2. The summed E-state index contributed by atoms with van der Waals surface area (Å²) in [4.78, 5) is 12.1. The topological polar surface area (TPSA) is 32.3 Å². The lowest BCUT2D eigenvalue weighted by atomic mass is 10.0. The second kappa shape index (κ2) is 22.1. The molecule has 3 nitrogen and oxygen atoms in total. The van der Waals surface area contributed by atoms with Gasteiger partial charge in [0.15, 0.2) is 0 Å². The van der Waals surface area contributed by atoms with Crippen LogP contribution in [0.2, 0.25) is 0 Å². The van der Waals surface area contributed by atoms with Crippen molar-refractivity contribution in [2.75, 3.05) is 7.05 Å². The van der Waals surface area contributed by atoms with Gasteiger partial charge in [0.1, 0.15) is 0 Å². The fourth-order valence-electron chi connectivity index (χ4n) is 4.20. The van der Waals surface area contributed by atoms with Crippen molar-refractivity contribution in [3.05, 3.63) is 0 Å². The lowest BCUT2D eigenvalue weighted by Gasteiger charge is -2.28. The highest BCUT2D eigenvalue weighted by molar-refractivity contribution is 5.75. The molecule has 0 aliphatic heterocycles. The third kappa shape index (κ3) is 19.2. The Hall–Kier alpha value is -0.570. The van der Waals surface area contributed by atoms with Gasteiger partial charge in [0, 0.05) is 19.5 Å². The number of unbranched alkanes of at least 4 members (excludes halogenated alkanes) is 14. The molecule has 1 N–H and O–H groups in total. The molecule has 0 unspecified atom stereocenters. The molecule has 0 rings (SSSR count). The van der Waals surface area contributed by atoms with Crippen LogP contribution in [0.5, 0.6) is 0 Å². The standard InChI is InChI=1S/C26H54N2O/c1-5-8-9-10-11-12-13-14-15-16-17-18-19-20-21-24-26(29)27-28(4)25(22-6-2)23-7-3/h25H,5-24H2,1-4H3,(H,27,29). The van der Waals surface area contributed by atoms with E-state index in [1.807, 2.05) is 7.05 Å². The second-order valence-electron chi connectivity index (χ2n) is 9.08. The van der Waals surface area contributed by atoms with Gasteiger partial charge in [-0.25, -0.2) is 5.01 Å². The summed E-state index contributed by atoms with van der Waals surface area (Å²) in [5.41, 5.74) is 3.09. The van der Waals surface area contributed by atoms with E-state index in [1.54, 1.807) is 0 Å². The van der Waals surface area contributed by atoms with Crippen LogP contribution >= 0.6 is 0 Å². The minimum atomic E-state index is 0.194. The number of carbonyl (C=O) groups is 1. The Kier molecular flexibility index (Phi) is 21.7. The van der Waals surface area contributed by atoms with Crippen molar-refractivity contribution >= 4 is 5.91 Å². The minimum Gasteiger partial charge on any atom is -0.289 e. The van der Waals surface area contributed by atoms with Gasteiger partial charge in [-0.2, -0.15) is 0 Å². The number of hydrazine groups is 1. The van der Waals surface area contributed by atoms with Gasteiger partial charge < -0.3 is 0 Å². The summed E-state index contributed by atoms with van der Waals surface area (Å²) in [6.45, 7) is 6.72. The molecule has 0 saturated heterocycles. The Morgan fingerprint density at radius 2 is 1.00 bits per heavy atom. The lowest BCUT2D eigenvalue weighted by Crippen LogP contribution is -2.45. The molecule has 1 amide bonds. The number of hydrogen-bond donors (Lipinski definition) is 1. The Morgan fingerprint density at radius 1 is 0.621 bits per heavy atom. The van der Waals surface area contributed by atoms with E-state index in [4.69, 9.17) is 0 Å². The van der Waals surface area contributed by atoms with Crippen molar-refractivity contribution in [1.82, 2.24) is 10.4 Å². The van der Waals surface area contributed by atoms with Gasteiger partial charge in [-0.3, -0.25) is 10.2 Å². The predicted octanol–water partition coefficient (Wildman–Crippen LogP) is 8.18.